The molecule has 0 aromatic carbocycles. The van der Waals surface area contributed by atoms with Gasteiger partial charge in [-0.25, -0.2) is 4.79 Å². The molecule has 1 heterocycles. The first kappa shape index (κ1) is 6.44. The Labute approximate surface area is 56.4 Å². The fraction of sp³-hybridized carbons (Fsp3) is 0.250. The van der Waals surface area contributed by atoms with Crippen molar-refractivity contribution in [3.63, 3.8) is 0 Å². The summed E-state index contributed by atoms with van der Waals surface area (Å²) < 4.78 is 0. The molecule has 0 amide bonds. The summed E-state index contributed by atoms with van der Waals surface area (Å²) in [7, 11) is 0. The van der Waals surface area contributed by atoms with Gasteiger partial charge < -0.3 is 10.5 Å². The van der Waals surface area contributed by atoms with Gasteiger partial charge in [-0.05, 0) is 18.9 Å². The Hall–Kier alpha value is -0.680. The highest BCUT2D eigenvalue weighted by atomic mass is 32.2. The Bertz CT molecular complexity index is 177. The highest BCUT2D eigenvalue weighted by molar-refractivity contribution is 8.02. The van der Waals surface area contributed by atoms with Gasteiger partial charge in [-0.15, -0.1) is 0 Å². The van der Waals surface area contributed by atoms with Gasteiger partial charge in [-0.3, -0.25) is 0 Å². The summed E-state index contributed by atoms with van der Waals surface area (Å²) in [5.41, 5.74) is 3.32. The molecule has 0 radical (unpaired) electrons. The minimum Gasteiger partial charge on any atom is -0.477 e. The van der Waals surface area contributed by atoms with Crippen molar-refractivity contribution in [2.45, 2.75) is 6.92 Å². The number of nitrogens with one attached hydrogen (secondary N) is 2. The molecule has 1 aliphatic heterocycles. The summed E-state index contributed by atoms with van der Waals surface area (Å²) in [6.45, 7) is 1.70. The molecule has 0 aliphatic carbocycles. The minimum absolute atomic E-state index is 0.329. The monoisotopic (exact) mass is 146 g/mol. The van der Waals surface area contributed by atoms with Crippen molar-refractivity contribution in [2.24, 2.45) is 0 Å². The lowest BCUT2D eigenvalue weighted by molar-refractivity contribution is -0.131. The van der Waals surface area contributed by atoms with Crippen LogP contribution in [0.5, 0.6) is 0 Å². The van der Waals surface area contributed by atoms with Crippen molar-refractivity contribution in [3.05, 3.63) is 10.6 Å². The smallest absolute Gasteiger partial charge is 0.345 e. The van der Waals surface area contributed by atoms with Crippen molar-refractivity contribution in [1.29, 1.82) is 0 Å². The Morgan fingerprint density at radius 1 is 1.78 bits per heavy atom. The van der Waals surface area contributed by atoms with Crippen LogP contribution in [-0.4, -0.2) is 11.1 Å². The molecule has 1 aliphatic rings. The predicted octanol–water partition coefficient (Wildman–Crippen LogP) is 0.0585. The highest BCUT2D eigenvalue weighted by Crippen LogP contribution is 2.19. The summed E-state index contributed by atoms with van der Waals surface area (Å²) in [4.78, 5) is 13.2. The lowest BCUT2D eigenvalue weighted by Crippen LogP contribution is -2.16. The third-order valence-corrected chi connectivity index (χ3v) is 1.82. The number of carboxylic acid groups (broad SMARTS) is 1. The molecule has 0 aromatic heterocycles. The second kappa shape index (κ2) is 2.28. The normalized spacial score (nSPS) is 17.9. The van der Waals surface area contributed by atoms with E-state index in [2.05, 4.69) is 10.3 Å². The molecule has 1 rings (SSSR count). The van der Waals surface area contributed by atoms with E-state index in [9.17, 15) is 4.79 Å². The van der Waals surface area contributed by atoms with E-state index in [1.165, 1.54) is 0 Å². The van der Waals surface area contributed by atoms with Crippen molar-refractivity contribution >= 4 is 17.9 Å². The van der Waals surface area contributed by atoms with Crippen molar-refractivity contribution in [2.75, 3.05) is 0 Å². The molecular formula is C4H6N2O2S. The maximum Gasteiger partial charge on any atom is 0.345 e. The number of carboxylic acids is 1. The van der Waals surface area contributed by atoms with E-state index in [-0.39, 0.29) is 0 Å². The predicted molar refractivity (Wildman–Crippen MR) is 34.2 cm³/mol. The molecule has 0 unspecified atom stereocenters. The van der Waals surface area contributed by atoms with Crippen LogP contribution in [0.3, 0.4) is 0 Å². The summed E-state index contributed by atoms with van der Waals surface area (Å²) in [5.74, 6) is -0.894. The Morgan fingerprint density at radius 2 is 2.44 bits per heavy atom. The number of aliphatic carboxylic acids is 1. The fourth-order valence-electron chi connectivity index (χ4n) is 0.490. The molecule has 9 heavy (non-hydrogen) atoms. The number of carbonyl (C=O) groups is 1. The maximum atomic E-state index is 10.3. The van der Waals surface area contributed by atoms with E-state index < -0.39 is 5.97 Å². The number of allylic oxidation sites excluding steroid dienone is 1. The van der Waals surface area contributed by atoms with Crippen LogP contribution in [0.25, 0.3) is 0 Å². The Balaban J connectivity index is 2.78. The van der Waals surface area contributed by atoms with E-state index in [0.29, 0.717) is 10.6 Å². The summed E-state index contributed by atoms with van der Waals surface area (Å²) in [6.07, 6.45) is 0. The Kier molecular flexibility index (Phi) is 1.63. The van der Waals surface area contributed by atoms with Crippen LogP contribution in [0.2, 0.25) is 0 Å². The van der Waals surface area contributed by atoms with Crippen LogP contribution in [-0.2, 0) is 4.79 Å². The zero-order valence-electron chi connectivity index (χ0n) is 4.76. The third-order valence-electron chi connectivity index (χ3n) is 0.926. The third kappa shape index (κ3) is 1.17. The topological polar surface area (TPSA) is 61.4 Å². The molecule has 0 saturated carbocycles. The SMILES string of the molecule is CC1=C(C(=O)O)SNN1. The molecule has 3 N–H and O–H groups in total. The van der Waals surface area contributed by atoms with Gasteiger partial charge in [-0.2, -0.15) is 4.83 Å². The van der Waals surface area contributed by atoms with Gasteiger partial charge in [0, 0.05) is 5.70 Å². The molecule has 0 bridgehead atoms. The minimum atomic E-state index is -0.894. The quantitative estimate of drug-likeness (QED) is 0.456. The fourth-order valence-corrected chi connectivity index (χ4v) is 1.09. The number of hydrogen-bond acceptors (Lipinski definition) is 4. The average Bonchev–Trinajstić information content (AvgIpc) is 2.13. The number of hydrogen-bond donors (Lipinski definition) is 3. The van der Waals surface area contributed by atoms with Crippen molar-refractivity contribution in [1.82, 2.24) is 10.3 Å². The first-order valence-corrected chi connectivity index (χ1v) is 3.15. The van der Waals surface area contributed by atoms with Gasteiger partial charge in [0.1, 0.15) is 4.91 Å². The first-order valence-electron chi connectivity index (χ1n) is 2.34. The van der Waals surface area contributed by atoms with Crippen molar-refractivity contribution in [3.8, 4) is 0 Å². The van der Waals surface area contributed by atoms with E-state index >= 15 is 0 Å². The van der Waals surface area contributed by atoms with E-state index in [1.807, 2.05) is 0 Å². The zero-order valence-corrected chi connectivity index (χ0v) is 5.58. The molecule has 0 fully saturated rings. The van der Waals surface area contributed by atoms with Crippen molar-refractivity contribution < 1.29 is 9.90 Å². The van der Waals surface area contributed by atoms with Gasteiger partial charge in [0.2, 0.25) is 0 Å². The van der Waals surface area contributed by atoms with E-state index in [0.717, 1.165) is 11.9 Å². The summed E-state index contributed by atoms with van der Waals surface area (Å²) in [6, 6.07) is 0. The zero-order chi connectivity index (χ0) is 6.85. The van der Waals surface area contributed by atoms with Gasteiger partial charge in [0.25, 0.3) is 0 Å². The molecule has 0 atom stereocenters. The molecule has 4 nitrogen and oxygen atoms in total. The van der Waals surface area contributed by atoms with E-state index in [4.69, 9.17) is 5.11 Å². The van der Waals surface area contributed by atoms with Crippen LogP contribution in [0.1, 0.15) is 6.92 Å². The van der Waals surface area contributed by atoms with E-state index in [1.54, 1.807) is 6.92 Å². The van der Waals surface area contributed by atoms with Crippen LogP contribution in [0, 0.1) is 0 Å². The standard InChI is InChI=1S/C4H6N2O2S/c1-2-3(4(7)8)9-6-5-2/h5-6H,1H3,(H,7,8). The van der Waals surface area contributed by atoms with Crippen LogP contribution in [0.15, 0.2) is 10.6 Å². The lowest BCUT2D eigenvalue weighted by atomic mass is 10.4. The van der Waals surface area contributed by atoms with Crippen LogP contribution < -0.4 is 10.3 Å². The molecule has 0 saturated heterocycles. The number of rotatable bonds is 1. The second-order valence-electron chi connectivity index (χ2n) is 1.59. The molecule has 0 spiro atoms. The Morgan fingerprint density at radius 3 is 2.67 bits per heavy atom. The molecule has 5 heteroatoms. The second-order valence-corrected chi connectivity index (χ2v) is 2.40. The largest absolute Gasteiger partial charge is 0.477 e. The maximum absolute atomic E-state index is 10.3. The summed E-state index contributed by atoms with van der Waals surface area (Å²) in [5, 5.41) is 8.42. The lowest BCUT2D eigenvalue weighted by Gasteiger charge is -1.90. The molecule has 0 aromatic rings. The van der Waals surface area contributed by atoms with Crippen LogP contribution in [0.4, 0.5) is 0 Å². The van der Waals surface area contributed by atoms with Gasteiger partial charge in [-0.1, -0.05) is 0 Å². The van der Waals surface area contributed by atoms with Gasteiger partial charge in [0.15, 0.2) is 0 Å². The first-order chi connectivity index (χ1) is 4.22. The molecule has 50 valence electrons. The molecular weight excluding hydrogens is 140 g/mol. The highest BCUT2D eigenvalue weighted by Gasteiger charge is 2.16. The number of hydrazine groups is 1. The van der Waals surface area contributed by atoms with Crippen LogP contribution >= 0.6 is 11.9 Å². The van der Waals surface area contributed by atoms with Gasteiger partial charge in [0.05, 0.1) is 0 Å². The average molecular weight is 146 g/mol. The van der Waals surface area contributed by atoms with Gasteiger partial charge >= 0.3 is 5.97 Å². The summed E-state index contributed by atoms with van der Waals surface area (Å²) >= 11 is 1.08.